The Morgan fingerprint density at radius 1 is 0.650 bits per heavy atom. The van der Waals surface area contributed by atoms with Crippen molar-refractivity contribution in [3.8, 4) is 34.1 Å². The molecule has 0 saturated carbocycles. The topological polar surface area (TPSA) is 244 Å². The maximum Gasteiger partial charge on any atom is 0.320 e. The molecule has 0 radical (unpaired) electrons. The highest BCUT2D eigenvalue weighted by Gasteiger charge is 2.31. The highest BCUT2D eigenvalue weighted by Crippen LogP contribution is 2.38. The number of likely N-dealkylation sites (tertiary alicyclic amines) is 1. The number of hydrogen-bond acceptors (Lipinski definition) is 17. The molecule has 2 atom stereocenters. The molecule has 0 bridgehead atoms. The van der Waals surface area contributed by atoms with Crippen molar-refractivity contribution in [3.05, 3.63) is 69.7 Å². The lowest BCUT2D eigenvalue weighted by atomic mass is 9.96. The Morgan fingerprint density at radius 2 is 1.25 bits per heavy atom. The highest BCUT2D eigenvalue weighted by atomic mass is 79.9. The van der Waals surface area contributed by atoms with Crippen molar-refractivity contribution >= 4 is 45.7 Å². The third-order valence-corrected chi connectivity index (χ3v) is 15.9. The molecule has 23 heteroatoms. The Balaban J connectivity index is 0.823. The third kappa shape index (κ3) is 19.3. The van der Waals surface area contributed by atoms with Crippen LogP contribution in [0.3, 0.4) is 0 Å². The number of rotatable bonds is 27. The van der Waals surface area contributed by atoms with Gasteiger partial charge in [0.1, 0.15) is 44.0 Å². The summed E-state index contributed by atoms with van der Waals surface area (Å²) < 4.78 is 37.2. The average molecular weight is 1180 g/mol. The molecule has 0 spiro atoms. The van der Waals surface area contributed by atoms with Crippen LogP contribution >= 0.6 is 15.9 Å². The Hall–Kier alpha value is -5.63. The van der Waals surface area contributed by atoms with E-state index in [-0.39, 0.29) is 90.7 Å². The summed E-state index contributed by atoms with van der Waals surface area (Å²) >= 11 is 3.80. The zero-order valence-corrected chi connectivity index (χ0v) is 47.9. The number of carbonyl (C=O) groups excluding carboxylic acids is 1. The van der Waals surface area contributed by atoms with Gasteiger partial charge < -0.3 is 53.7 Å². The molecule has 4 aliphatic heterocycles. The molecule has 4 N–H and O–H groups in total. The summed E-state index contributed by atoms with van der Waals surface area (Å²) in [4.78, 5) is 74.3. The lowest BCUT2D eigenvalue weighted by Gasteiger charge is -2.36. The van der Waals surface area contributed by atoms with Crippen LogP contribution in [0.1, 0.15) is 49.3 Å². The number of halogens is 1. The Kier molecular flexibility index (Phi) is 24.4. The number of fused-ring (bicyclic) bond motifs is 1. The van der Waals surface area contributed by atoms with E-state index in [4.69, 9.17) is 28.4 Å². The van der Waals surface area contributed by atoms with Gasteiger partial charge in [-0.25, -0.2) is 0 Å². The number of aliphatic carboxylic acids is 4. The minimum absolute atomic E-state index is 0.0122. The van der Waals surface area contributed by atoms with Crippen molar-refractivity contribution in [2.24, 2.45) is 0 Å². The van der Waals surface area contributed by atoms with Crippen molar-refractivity contribution in [3.63, 3.8) is 0 Å². The summed E-state index contributed by atoms with van der Waals surface area (Å²) in [6.45, 7) is 13.1. The SMILES string of the molecule is Cc1c(COc2cc(OCCOCCOCCN3CCN(C(=O)CCC(C(=O)O)N4CCN(CC(=O)O)CCN(CC(=O)O)CCN(CC(=O)O)CC4)CC3)c(CN3CCC[C@H]3C)cc2Br)cccc1-c1ccc2c(c1)OCCO2. The van der Waals surface area contributed by atoms with Gasteiger partial charge in [-0.15, -0.1) is 0 Å². The van der Waals surface area contributed by atoms with E-state index < -0.39 is 29.9 Å². The second-order valence-corrected chi connectivity index (χ2v) is 21.7. The smallest absolute Gasteiger partial charge is 0.320 e. The summed E-state index contributed by atoms with van der Waals surface area (Å²) in [5.41, 5.74) is 5.42. The van der Waals surface area contributed by atoms with Crippen molar-refractivity contribution in [2.45, 2.75) is 64.8 Å². The van der Waals surface area contributed by atoms with Gasteiger partial charge in [-0.05, 0) is 96.0 Å². The average Bonchev–Trinajstić information content (AvgIpc) is 3.84. The predicted octanol–water partition coefficient (Wildman–Crippen LogP) is 4.02. The molecule has 3 fully saturated rings. The fourth-order valence-electron chi connectivity index (χ4n) is 10.6. The zero-order chi connectivity index (χ0) is 57.0. The molecule has 1 unspecified atom stereocenters. The van der Waals surface area contributed by atoms with Crippen molar-refractivity contribution in [1.82, 2.24) is 34.3 Å². The molecule has 4 aliphatic rings. The maximum atomic E-state index is 13.5. The quantitative estimate of drug-likeness (QED) is 0.0788. The number of nitrogens with zero attached hydrogens (tertiary/aromatic N) is 7. The van der Waals surface area contributed by atoms with Crippen LogP contribution in [-0.2, 0) is 46.6 Å². The molecule has 3 aromatic carbocycles. The summed E-state index contributed by atoms with van der Waals surface area (Å²) in [7, 11) is 0. The minimum atomic E-state index is -1.13. The number of carboxylic acids is 4. The monoisotopic (exact) mass is 1180 g/mol. The van der Waals surface area contributed by atoms with Gasteiger partial charge in [-0.2, -0.15) is 0 Å². The molecule has 3 aromatic rings. The minimum Gasteiger partial charge on any atom is -0.491 e. The van der Waals surface area contributed by atoms with E-state index in [1.807, 2.05) is 24.3 Å². The molecule has 0 aromatic heterocycles. The normalized spacial score (nSPS) is 19.0. The number of carboxylic acid groups (broad SMARTS) is 4. The highest BCUT2D eigenvalue weighted by molar-refractivity contribution is 9.10. The summed E-state index contributed by atoms with van der Waals surface area (Å²) in [6.07, 6.45) is 2.34. The number of amides is 1. The van der Waals surface area contributed by atoms with Crippen molar-refractivity contribution < 1.29 is 72.8 Å². The molecule has 7 rings (SSSR count). The lowest BCUT2D eigenvalue weighted by molar-refractivity contribution is -0.145. The van der Waals surface area contributed by atoms with Gasteiger partial charge in [0.15, 0.2) is 11.5 Å². The first-order valence-electron chi connectivity index (χ1n) is 27.9. The van der Waals surface area contributed by atoms with E-state index in [9.17, 15) is 44.4 Å². The largest absolute Gasteiger partial charge is 0.491 e. The summed E-state index contributed by atoms with van der Waals surface area (Å²) in [5, 5.41) is 39.0. The fraction of sp³-hybridized carbons (Fsp3) is 0.596. The van der Waals surface area contributed by atoms with Crippen LogP contribution in [0.25, 0.3) is 11.1 Å². The number of benzene rings is 3. The first-order valence-corrected chi connectivity index (χ1v) is 28.6. The lowest BCUT2D eigenvalue weighted by Crippen LogP contribution is -2.52. The van der Waals surface area contributed by atoms with Crippen LogP contribution in [0, 0.1) is 6.92 Å². The number of hydrogen-bond donors (Lipinski definition) is 4. The van der Waals surface area contributed by atoms with Gasteiger partial charge in [0.05, 0.1) is 50.5 Å². The molecule has 1 amide bonds. The Morgan fingerprint density at radius 3 is 1.86 bits per heavy atom. The number of piperazine rings is 1. The van der Waals surface area contributed by atoms with E-state index in [0.717, 1.165) is 62.6 Å². The second-order valence-electron chi connectivity index (χ2n) is 20.8. The summed E-state index contributed by atoms with van der Waals surface area (Å²) in [5.74, 6) is -1.55. The Bertz CT molecular complexity index is 2500. The molecule has 3 saturated heterocycles. The summed E-state index contributed by atoms with van der Waals surface area (Å²) in [6, 6.07) is 15.8. The third-order valence-electron chi connectivity index (χ3n) is 15.3. The molecule has 440 valence electrons. The van der Waals surface area contributed by atoms with E-state index in [2.05, 4.69) is 63.8 Å². The van der Waals surface area contributed by atoms with Gasteiger partial charge in [0.25, 0.3) is 0 Å². The second kappa shape index (κ2) is 31.5. The first-order chi connectivity index (χ1) is 38.6. The zero-order valence-electron chi connectivity index (χ0n) is 46.3. The molecular formula is C57H80BrN7O15. The van der Waals surface area contributed by atoms with E-state index >= 15 is 0 Å². The van der Waals surface area contributed by atoms with Crippen LogP contribution in [-0.4, -0.2) is 254 Å². The van der Waals surface area contributed by atoms with E-state index in [0.29, 0.717) is 97.4 Å². The number of ether oxygens (including phenoxy) is 6. The molecule has 22 nitrogen and oxygen atoms in total. The van der Waals surface area contributed by atoms with Crippen LogP contribution in [0.4, 0.5) is 0 Å². The van der Waals surface area contributed by atoms with Crippen LogP contribution in [0.2, 0.25) is 0 Å². The molecule has 4 heterocycles. The van der Waals surface area contributed by atoms with Crippen LogP contribution < -0.4 is 18.9 Å². The van der Waals surface area contributed by atoms with Gasteiger partial charge in [0, 0.05) is 116 Å². The van der Waals surface area contributed by atoms with Crippen LogP contribution in [0.15, 0.2) is 53.0 Å². The van der Waals surface area contributed by atoms with Crippen molar-refractivity contribution in [2.75, 3.05) is 158 Å². The fourth-order valence-corrected chi connectivity index (χ4v) is 11.2. The van der Waals surface area contributed by atoms with E-state index in [1.165, 1.54) is 12.8 Å². The predicted molar refractivity (Wildman–Crippen MR) is 300 cm³/mol. The van der Waals surface area contributed by atoms with Gasteiger partial charge in [-0.1, -0.05) is 24.3 Å². The van der Waals surface area contributed by atoms with Crippen LogP contribution in [0.5, 0.6) is 23.0 Å². The standard InChI is InChI=1S/C57H80BrN7O15/c1-41-5-4-12-65(41)36-45-33-47(58)51(80-40-44-6-3-7-46(42(44)2)43-8-10-49-52(34-43)79-32-31-77-49)35-50(45)78-30-29-76-28-27-75-26-25-59-17-23-64(24-18-59)53(66)11-9-48(57(73)74)63-21-19-61(38-55(69)70)15-13-60(37-54(67)68)14-16-62(20-22-63)39-56(71)72/h3,6-8,10,33-35,41,48H,4-5,9,11-32,36-40H2,1-2H3,(H,67,68)(H,69,70)(H,71,72)(H,73,74)/t41-,48?/m1/s1. The van der Waals surface area contributed by atoms with Gasteiger partial charge >= 0.3 is 23.9 Å². The number of carbonyl (C=O) groups is 5. The van der Waals surface area contributed by atoms with E-state index in [1.54, 1.807) is 24.5 Å². The maximum absolute atomic E-state index is 13.5. The first kappa shape index (κ1) is 62.0. The molecule has 0 aliphatic carbocycles. The van der Waals surface area contributed by atoms with Crippen molar-refractivity contribution in [1.29, 1.82) is 0 Å². The molecular weight excluding hydrogens is 1100 g/mol. The molecule has 80 heavy (non-hydrogen) atoms. The van der Waals surface area contributed by atoms with Gasteiger partial charge in [-0.3, -0.25) is 53.4 Å². The van der Waals surface area contributed by atoms with Gasteiger partial charge in [0.2, 0.25) is 5.91 Å². The Labute approximate surface area is 477 Å².